The molecule has 24 heavy (non-hydrogen) atoms. The van der Waals surface area contributed by atoms with E-state index in [1.165, 1.54) is 0 Å². The van der Waals surface area contributed by atoms with Crippen molar-refractivity contribution in [3.8, 4) is 5.75 Å². The van der Waals surface area contributed by atoms with Crippen molar-refractivity contribution in [1.29, 1.82) is 0 Å². The van der Waals surface area contributed by atoms with Gasteiger partial charge in [0.25, 0.3) is 0 Å². The zero-order chi connectivity index (χ0) is 16.7. The summed E-state index contributed by atoms with van der Waals surface area (Å²) in [6, 6.07) is 15.4. The number of ether oxygens (including phenoxy) is 1. The van der Waals surface area contributed by atoms with Gasteiger partial charge in [-0.1, -0.05) is 30.3 Å². The fourth-order valence-corrected chi connectivity index (χ4v) is 3.04. The fourth-order valence-electron chi connectivity index (χ4n) is 3.04. The lowest BCUT2D eigenvalue weighted by molar-refractivity contribution is 0.0987. The summed E-state index contributed by atoms with van der Waals surface area (Å²) >= 11 is 0. The third-order valence-electron chi connectivity index (χ3n) is 4.68. The Kier molecular flexibility index (Phi) is 3.50. The van der Waals surface area contributed by atoms with Crippen LogP contribution in [0.1, 0.15) is 42.8 Å². The van der Waals surface area contributed by atoms with E-state index in [0.717, 1.165) is 40.9 Å². The summed E-state index contributed by atoms with van der Waals surface area (Å²) in [7, 11) is 1.63. The first-order valence-corrected chi connectivity index (χ1v) is 8.23. The first-order valence-electron chi connectivity index (χ1n) is 8.23. The predicted molar refractivity (Wildman–Crippen MR) is 93.2 cm³/mol. The number of aromatic nitrogens is 2. The molecule has 0 aliphatic heterocycles. The first-order chi connectivity index (χ1) is 11.6. The van der Waals surface area contributed by atoms with Crippen LogP contribution < -0.4 is 4.74 Å². The standard InChI is InChI=1S/C20H20N2O2/c1-20(23,14-9-11-15(24-2)12-10-14)18-16-5-3-4-6-17(16)21-19(22-18)13-7-8-13/h3-6,9-13,23H,7-8H2,1-2H3. The molecule has 1 heterocycles. The molecular formula is C20H20N2O2. The Bertz CT molecular complexity index is 884. The molecule has 1 N–H and O–H groups in total. The summed E-state index contributed by atoms with van der Waals surface area (Å²) in [6.45, 7) is 1.79. The van der Waals surface area contributed by atoms with Gasteiger partial charge in [-0.25, -0.2) is 9.97 Å². The average Bonchev–Trinajstić information content (AvgIpc) is 3.46. The Hall–Kier alpha value is -2.46. The molecule has 1 saturated carbocycles. The Balaban J connectivity index is 1.89. The molecule has 1 unspecified atom stereocenters. The molecule has 0 saturated heterocycles. The maximum atomic E-state index is 11.3. The highest BCUT2D eigenvalue weighted by atomic mass is 16.5. The smallest absolute Gasteiger partial charge is 0.132 e. The molecule has 0 amide bonds. The van der Waals surface area contributed by atoms with Gasteiger partial charge in [-0.3, -0.25) is 0 Å². The van der Waals surface area contributed by atoms with Crippen molar-refractivity contribution in [3.63, 3.8) is 0 Å². The molecule has 1 aliphatic carbocycles. The van der Waals surface area contributed by atoms with E-state index in [1.54, 1.807) is 14.0 Å². The van der Waals surface area contributed by atoms with Gasteiger partial charge >= 0.3 is 0 Å². The first kappa shape index (κ1) is 15.1. The second-order valence-electron chi connectivity index (χ2n) is 6.52. The Morgan fingerprint density at radius 1 is 1.04 bits per heavy atom. The third kappa shape index (κ3) is 2.53. The van der Waals surface area contributed by atoms with Crippen LogP contribution in [0.15, 0.2) is 48.5 Å². The van der Waals surface area contributed by atoms with Gasteiger partial charge in [0, 0.05) is 11.3 Å². The lowest BCUT2D eigenvalue weighted by Crippen LogP contribution is -2.25. The second-order valence-corrected chi connectivity index (χ2v) is 6.52. The van der Waals surface area contributed by atoms with E-state index < -0.39 is 5.60 Å². The summed E-state index contributed by atoms with van der Waals surface area (Å²) in [5, 5.41) is 12.2. The molecule has 0 bridgehead atoms. The van der Waals surface area contributed by atoms with Crippen LogP contribution in [0.2, 0.25) is 0 Å². The van der Waals surface area contributed by atoms with Crippen molar-refractivity contribution in [2.24, 2.45) is 0 Å². The van der Waals surface area contributed by atoms with Gasteiger partial charge in [0.1, 0.15) is 17.2 Å². The highest BCUT2D eigenvalue weighted by Gasteiger charge is 2.33. The van der Waals surface area contributed by atoms with E-state index in [4.69, 9.17) is 14.7 Å². The Morgan fingerprint density at radius 3 is 2.42 bits per heavy atom. The number of methoxy groups -OCH3 is 1. The Labute approximate surface area is 141 Å². The zero-order valence-corrected chi connectivity index (χ0v) is 13.9. The summed E-state index contributed by atoms with van der Waals surface area (Å²) in [5.41, 5.74) is 1.14. The summed E-state index contributed by atoms with van der Waals surface area (Å²) in [5.74, 6) is 2.04. The van der Waals surface area contributed by atoms with Crippen LogP contribution in [-0.2, 0) is 5.60 Å². The summed E-state index contributed by atoms with van der Waals surface area (Å²) in [4.78, 5) is 9.45. The van der Waals surface area contributed by atoms with Gasteiger partial charge in [-0.15, -0.1) is 0 Å². The second kappa shape index (κ2) is 5.56. The van der Waals surface area contributed by atoms with E-state index in [9.17, 15) is 5.11 Å². The van der Waals surface area contributed by atoms with Gasteiger partial charge in [0.05, 0.1) is 18.3 Å². The highest BCUT2D eigenvalue weighted by Crippen LogP contribution is 2.40. The molecule has 0 radical (unpaired) electrons. The maximum absolute atomic E-state index is 11.3. The normalized spacial score (nSPS) is 16.8. The van der Waals surface area contributed by atoms with Gasteiger partial charge < -0.3 is 9.84 Å². The number of fused-ring (bicyclic) bond motifs is 1. The van der Waals surface area contributed by atoms with Crippen LogP contribution in [-0.4, -0.2) is 22.2 Å². The monoisotopic (exact) mass is 320 g/mol. The van der Waals surface area contributed by atoms with Crippen LogP contribution >= 0.6 is 0 Å². The lowest BCUT2D eigenvalue weighted by atomic mass is 9.89. The minimum atomic E-state index is -1.20. The minimum Gasteiger partial charge on any atom is -0.497 e. The predicted octanol–water partition coefficient (Wildman–Crippen LogP) is 3.77. The number of rotatable bonds is 4. The van der Waals surface area contributed by atoms with Crippen molar-refractivity contribution in [3.05, 3.63) is 65.6 Å². The number of hydrogen-bond donors (Lipinski definition) is 1. The van der Waals surface area contributed by atoms with Gasteiger partial charge in [-0.05, 0) is 43.5 Å². The van der Waals surface area contributed by atoms with Crippen molar-refractivity contribution >= 4 is 10.9 Å². The lowest BCUT2D eigenvalue weighted by Gasteiger charge is -2.25. The van der Waals surface area contributed by atoms with E-state index in [1.807, 2.05) is 48.5 Å². The molecule has 1 fully saturated rings. The van der Waals surface area contributed by atoms with E-state index in [-0.39, 0.29) is 0 Å². The van der Waals surface area contributed by atoms with Crippen LogP contribution in [0.5, 0.6) is 5.75 Å². The molecular weight excluding hydrogens is 300 g/mol. The van der Waals surface area contributed by atoms with Crippen LogP contribution in [0, 0.1) is 0 Å². The SMILES string of the molecule is COc1ccc(C(C)(O)c2nc(C3CC3)nc3ccccc23)cc1. The number of benzene rings is 2. The van der Waals surface area contributed by atoms with Crippen molar-refractivity contribution in [2.75, 3.05) is 7.11 Å². The molecule has 1 atom stereocenters. The summed E-state index contributed by atoms with van der Waals surface area (Å²) < 4.78 is 5.21. The molecule has 122 valence electrons. The molecule has 1 aliphatic rings. The van der Waals surface area contributed by atoms with Gasteiger partial charge in [-0.2, -0.15) is 0 Å². The summed E-state index contributed by atoms with van der Waals surface area (Å²) in [6.07, 6.45) is 2.25. The highest BCUT2D eigenvalue weighted by molar-refractivity contribution is 5.82. The quantitative estimate of drug-likeness (QED) is 0.795. The number of aliphatic hydroxyl groups is 1. The minimum absolute atomic E-state index is 0.431. The van der Waals surface area contributed by atoms with E-state index >= 15 is 0 Å². The van der Waals surface area contributed by atoms with Gasteiger partial charge in [0.2, 0.25) is 0 Å². The molecule has 0 spiro atoms. The van der Waals surface area contributed by atoms with Crippen molar-refractivity contribution < 1.29 is 9.84 Å². The average molecular weight is 320 g/mol. The molecule has 4 rings (SSSR count). The maximum Gasteiger partial charge on any atom is 0.132 e. The largest absolute Gasteiger partial charge is 0.497 e. The van der Waals surface area contributed by atoms with E-state index in [0.29, 0.717) is 11.6 Å². The number of para-hydroxylation sites is 1. The fraction of sp³-hybridized carbons (Fsp3) is 0.300. The number of nitrogens with zero attached hydrogens (tertiary/aromatic N) is 2. The van der Waals surface area contributed by atoms with Crippen LogP contribution in [0.25, 0.3) is 10.9 Å². The number of hydrogen-bond acceptors (Lipinski definition) is 4. The zero-order valence-electron chi connectivity index (χ0n) is 13.9. The van der Waals surface area contributed by atoms with Crippen LogP contribution in [0.3, 0.4) is 0 Å². The molecule has 3 aromatic rings. The molecule has 4 nitrogen and oxygen atoms in total. The van der Waals surface area contributed by atoms with Crippen molar-refractivity contribution in [1.82, 2.24) is 9.97 Å². The molecule has 4 heteroatoms. The third-order valence-corrected chi connectivity index (χ3v) is 4.68. The molecule has 2 aromatic carbocycles. The molecule has 1 aromatic heterocycles. The van der Waals surface area contributed by atoms with E-state index in [2.05, 4.69) is 0 Å². The topological polar surface area (TPSA) is 55.2 Å². The van der Waals surface area contributed by atoms with Crippen molar-refractivity contribution in [2.45, 2.75) is 31.3 Å². The van der Waals surface area contributed by atoms with Gasteiger partial charge in [0.15, 0.2) is 0 Å². The Morgan fingerprint density at radius 2 is 1.75 bits per heavy atom. The van der Waals surface area contributed by atoms with Crippen LogP contribution in [0.4, 0.5) is 0 Å².